The highest BCUT2D eigenvalue weighted by Crippen LogP contribution is 2.34. The molecule has 10 heteroatoms. The molecule has 2 heterocycles. The van der Waals surface area contributed by atoms with Crippen LogP contribution in [0.2, 0.25) is 10.0 Å². The normalized spacial score (nSPS) is 10.6. The van der Waals surface area contributed by atoms with Gasteiger partial charge in [-0.05, 0) is 79.3 Å². The second-order valence-corrected chi connectivity index (χ2v) is 8.33. The molecule has 0 unspecified atom stereocenters. The van der Waals surface area contributed by atoms with Crippen molar-refractivity contribution in [1.29, 1.82) is 0 Å². The van der Waals surface area contributed by atoms with Crippen molar-refractivity contribution in [3.05, 3.63) is 94.1 Å². The molecule has 0 aliphatic rings. The first-order chi connectivity index (χ1) is 16.3. The number of anilines is 2. The Kier molecular flexibility index (Phi) is 7.02. The van der Waals surface area contributed by atoms with Crippen molar-refractivity contribution in [2.45, 2.75) is 6.92 Å². The van der Waals surface area contributed by atoms with Gasteiger partial charge >= 0.3 is 0 Å². The van der Waals surface area contributed by atoms with Crippen LogP contribution in [-0.2, 0) is 0 Å². The molecule has 0 aliphatic carbocycles. The molecule has 172 valence electrons. The number of nitrogens with one attached hydrogen (secondary N) is 3. The Morgan fingerprint density at radius 2 is 1.74 bits per heavy atom. The number of hydrogen-bond donors (Lipinski definition) is 3. The lowest BCUT2D eigenvalue weighted by Gasteiger charge is -2.12. The molecule has 2 amide bonds. The average molecular weight is 514 g/mol. The minimum atomic E-state index is -0.527. The van der Waals surface area contributed by atoms with E-state index in [0.29, 0.717) is 32.7 Å². The summed E-state index contributed by atoms with van der Waals surface area (Å²) >= 11 is 17.5. The van der Waals surface area contributed by atoms with Gasteiger partial charge in [-0.25, -0.2) is 0 Å². The summed E-state index contributed by atoms with van der Waals surface area (Å²) in [5.74, 6) is -0.208. The van der Waals surface area contributed by atoms with Crippen LogP contribution >= 0.6 is 35.4 Å². The van der Waals surface area contributed by atoms with Gasteiger partial charge in [0.15, 0.2) is 16.6 Å². The summed E-state index contributed by atoms with van der Waals surface area (Å²) in [6, 6.07) is 16.7. The van der Waals surface area contributed by atoms with Crippen LogP contribution in [0.4, 0.5) is 11.4 Å². The zero-order valence-corrected chi connectivity index (χ0v) is 20.0. The molecule has 0 saturated heterocycles. The fourth-order valence-electron chi connectivity index (χ4n) is 3.10. The largest absolute Gasteiger partial charge is 0.459 e. The molecule has 3 N–H and O–H groups in total. The molecular formula is C24H17Cl2N3O4S. The standard InChI is InChI=1S/C24H17Cl2N3O4S/c1-13-12-14(7-8-17(13)28-22(30)19-6-3-11-32-19)27-24(34)29-23(31)20-10-9-18(33-20)15-4-2-5-16(25)21(15)26/h2-12H,1H3,(H,28,30)(H2,27,29,31,34). The first kappa shape index (κ1) is 23.6. The predicted molar refractivity (Wildman–Crippen MR) is 136 cm³/mol. The van der Waals surface area contributed by atoms with E-state index in [1.165, 1.54) is 12.3 Å². The number of carbonyl (C=O) groups is 2. The van der Waals surface area contributed by atoms with Gasteiger partial charge in [-0.15, -0.1) is 0 Å². The summed E-state index contributed by atoms with van der Waals surface area (Å²) in [4.78, 5) is 24.7. The first-order valence-electron chi connectivity index (χ1n) is 9.94. The fraction of sp³-hybridized carbons (Fsp3) is 0.0417. The van der Waals surface area contributed by atoms with E-state index in [2.05, 4.69) is 16.0 Å². The van der Waals surface area contributed by atoms with E-state index in [0.717, 1.165) is 5.56 Å². The van der Waals surface area contributed by atoms with Gasteiger partial charge < -0.3 is 19.5 Å². The fourth-order valence-corrected chi connectivity index (χ4v) is 3.70. The van der Waals surface area contributed by atoms with Crippen LogP contribution in [0.5, 0.6) is 0 Å². The van der Waals surface area contributed by atoms with Gasteiger partial charge in [-0.1, -0.05) is 29.3 Å². The summed E-state index contributed by atoms with van der Waals surface area (Å²) in [6.45, 7) is 1.83. The first-order valence-corrected chi connectivity index (χ1v) is 11.1. The quantitative estimate of drug-likeness (QED) is 0.262. The van der Waals surface area contributed by atoms with Crippen LogP contribution in [-0.4, -0.2) is 16.9 Å². The van der Waals surface area contributed by atoms with Crippen LogP contribution in [0.3, 0.4) is 0 Å². The van der Waals surface area contributed by atoms with Crippen molar-refractivity contribution in [3.8, 4) is 11.3 Å². The van der Waals surface area contributed by atoms with E-state index in [-0.39, 0.29) is 22.5 Å². The lowest BCUT2D eigenvalue weighted by atomic mass is 10.1. The van der Waals surface area contributed by atoms with Crippen molar-refractivity contribution in [2.24, 2.45) is 0 Å². The zero-order valence-electron chi connectivity index (χ0n) is 17.6. The third-order valence-electron chi connectivity index (χ3n) is 4.75. The summed E-state index contributed by atoms with van der Waals surface area (Å²) < 4.78 is 10.7. The van der Waals surface area contributed by atoms with Crippen LogP contribution in [0, 0.1) is 6.92 Å². The molecule has 34 heavy (non-hydrogen) atoms. The molecule has 2 aromatic heterocycles. The molecule has 0 aliphatic heterocycles. The molecule has 0 bridgehead atoms. The van der Waals surface area contributed by atoms with Crippen molar-refractivity contribution in [1.82, 2.24) is 5.32 Å². The van der Waals surface area contributed by atoms with E-state index >= 15 is 0 Å². The number of rotatable bonds is 5. The second-order valence-electron chi connectivity index (χ2n) is 7.13. The number of furan rings is 2. The van der Waals surface area contributed by atoms with E-state index < -0.39 is 5.91 Å². The molecule has 0 fully saturated rings. The van der Waals surface area contributed by atoms with E-state index in [1.54, 1.807) is 54.6 Å². The lowest BCUT2D eigenvalue weighted by Crippen LogP contribution is -2.33. The highest BCUT2D eigenvalue weighted by molar-refractivity contribution is 7.80. The molecule has 4 rings (SSSR count). The number of thiocarbonyl (C=S) groups is 1. The van der Waals surface area contributed by atoms with Crippen LogP contribution < -0.4 is 16.0 Å². The Balaban J connectivity index is 1.38. The third-order valence-corrected chi connectivity index (χ3v) is 5.77. The van der Waals surface area contributed by atoms with Crippen LogP contribution in [0.15, 0.2) is 75.8 Å². The maximum absolute atomic E-state index is 12.5. The number of benzene rings is 2. The van der Waals surface area contributed by atoms with Gasteiger partial charge in [0.1, 0.15) is 5.76 Å². The van der Waals surface area contributed by atoms with Gasteiger partial charge in [-0.3, -0.25) is 14.9 Å². The Labute approximate surface area is 210 Å². The Morgan fingerprint density at radius 1 is 0.912 bits per heavy atom. The predicted octanol–water partition coefficient (Wildman–Crippen LogP) is 6.53. The number of halogens is 2. The van der Waals surface area contributed by atoms with Crippen molar-refractivity contribution < 1.29 is 18.4 Å². The number of carbonyl (C=O) groups excluding carboxylic acids is 2. The Morgan fingerprint density at radius 3 is 2.47 bits per heavy atom. The zero-order chi connectivity index (χ0) is 24.2. The summed E-state index contributed by atoms with van der Waals surface area (Å²) in [7, 11) is 0. The number of aryl methyl sites for hydroxylation is 1. The smallest absolute Gasteiger partial charge is 0.293 e. The topological polar surface area (TPSA) is 96.5 Å². The monoisotopic (exact) mass is 513 g/mol. The minimum absolute atomic E-state index is 0.0577. The van der Waals surface area contributed by atoms with E-state index in [1.807, 2.05) is 6.92 Å². The summed E-state index contributed by atoms with van der Waals surface area (Å²) in [6.07, 6.45) is 1.43. The molecule has 7 nitrogen and oxygen atoms in total. The van der Waals surface area contributed by atoms with Crippen LogP contribution in [0.1, 0.15) is 26.7 Å². The lowest BCUT2D eigenvalue weighted by molar-refractivity contribution is 0.0950. The molecular weight excluding hydrogens is 497 g/mol. The SMILES string of the molecule is Cc1cc(NC(=S)NC(=O)c2ccc(-c3cccc(Cl)c3Cl)o2)ccc1NC(=O)c1ccco1. The molecule has 2 aromatic carbocycles. The van der Waals surface area contributed by atoms with Crippen molar-refractivity contribution >= 4 is 63.7 Å². The van der Waals surface area contributed by atoms with Crippen molar-refractivity contribution in [3.63, 3.8) is 0 Å². The highest BCUT2D eigenvalue weighted by atomic mass is 35.5. The third kappa shape index (κ3) is 5.31. The van der Waals surface area contributed by atoms with Gasteiger partial charge in [-0.2, -0.15) is 0 Å². The van der Waals surface area contributed by atoms with Gasteiger partial charge in [0.05, 0.1) is 16.3 Å². The average Bonchev–Trinajstić information content (AvgIpc) is 3.50. The maximum atomic E-state index is 12.5. The molecule has 0 atom stereocenters. The molecule has 0 spiro atoms. The van der Waals surface area contributed by atoms with Gasteiger partial charge in [0.25, 0.3) is 11.8 Å². The second kappa shape index (κ2) is 10.1. The highest BCUT2D eigenvalue weighted by Gasteiger charge is 2.16. The minimum Gasteiger partial charge on any atom is -0.459 e. The Bertz CT molecular complexity index is 1380. The molecule has 0 radical (unpaired) electrons. The number of amides is 2. The van der Waals surface area contributed by atoms with Crippen molar-refractivity contribution in [2.75, 3.05) is 10.6 Å². The van der Waals surface area contributed by atoms with Gasteiger partial charge in [0.2, 0.25) is 0 Å². The number of hydrogen-bond acceptors (Lipinski definition) is 5. The Hall–Kier alpha value is -3.59. The van der Waals surface area contributed by atoms with E-state index in [9.17, 15) is 9.59 Å². The molecule has 0 saturated carbocycles. The van der Waals surface area contributed by atoms with E-state index in [4.69, 9.17) is 44.3 Å². The molecule has 4 aromatic rings. The maximum Gasteiger partial charge on any atom is 0.293 e. The summed E-state index contributed by atoms with van der Waals surface area (Å²) in [5, 5.41) is 9.08. The van der Waals surface area contributed by atoms with Crippen LogP contribution in [0.25, 0.3) is 11.3 Å². The van der Waals surface area contributed by atoms with Gasteiger partial charge in [0, 0.05) is 16.9 Å². The summed E-state index contributed by atoms with van der Waals surface area (Å²) in [5.41, 5.74) is 2.60.